The fourth-order valence-corrected chi connectivity index (χ4v) is 3.20. The largest absolute Gasteiger partial charge is 0.481 e. The van der Waals surface area contributed by atoms with Crippen LogP contribution in [-0.4, -0.2) is 49.2 Å². The molecule has 6 nitrogen and oxygen atoms in total. The van der Waals surface area contributed by atoms with Crippen LogP contribution in [-0.2, 0) is 17.5 Å². The molecule has 31 heavy (non-hydrogen) atoms. The van der Waals surface area contributed by atoms with Crippen molar-refractivity contribution in [2.24, 2.45) is 4.99 Å². The van der Waals surface area contributed by atoms with Crippen LogP contribution in [0.1, 0.15) is 29.8 Å². The van der Waals surface area contributed by atoms with Gasteiger partial charge in [0.15, 0.2) is 5.96 Å². The highest BCUT2D eigenvalue weighted by Gasteiger charge is 2.32. The van der Waals surface area contributed by atoms with Gasteiger partial charge in [-0.05, 0) is 30.7 Å². The van der Waals surface area contributed by atoms with Crippen molar-refractivity contribution in [3.8, 4) is 5.88 Å². The van der Waals surface area contributed by atoms with Gasteiger partial charge in [0.05, 0.1) is 38.1 Å². The van der Waals surface area contributed by atoms with Crippen molar-refractivity contribution in [3.63, 3.8) is 0 Å². The summed E-state index contributed by atoms with van der Waals surface area (Å²) in [5.74, 6) is 1.19. The molecule has 2 aromatic rings. The molecule has 2 heterocycles. The van der Waals surface area contributed by atoms with Gasteiger partial charge >= 0.3 is 6.18 Å². The number of nitrogens with one attached hydrogen (secondary N) is 1. The van der Waals surface area contributed by atoms with Crippen LogP contribution in [0.15, 0.2) is 47.5 Å². The summed E-state index contributed by atoms with van der Waals surface area (Å²) in [7, 11) is 1.56. The lowest BCUT2D eigenvalue weighted by atomic mass is 10.0. The molecule has 0 aliphatic carbocycles. The van der Waals surface area contributed by atoms with Crippen LogP contribution in [0.25, 0.3) is 0 Å². The molecule has 1 saturated heterocycles. The lowest BCUT2D eigenvalue weighted by Gasteiger charge is -2.35. The van der Waals surface area contributed by atoms with Crippen LogP contribution in [0.3, 0.4) is 0 Å². The highest BCUT2D eigenvalue weighted by Crippen LogP contribution is 2.32. The number of guanidine groups is 1. The molecule has 3 rings (SSSR count). The van der Waals surface area contributed by atoms with E-state index >= 15 is 0 Å². The van der Waals surface area contributed by atoms with Crippen molar-refractivity contribution in [2.75, 3.05) is 33.4 Å². The number of ether oxygens (including phenoxy) is 2. The predicted octanol–water partition coefficient (Wildman–Crippen LogP) is 4.27. The van der Waals surface area contributed by atoms with Gasteiger partial charge in [0, 0.05) is 19.2 Å². The molecule has 1 aliphatic heterocycles. The summed E-state index contributed by atoms with van der Waals surface area (Å²) in [5.41, 5.74) is 0.581. The van der Waals surface area contributed by atoms with Crippen LogP contribution >= 0.6 is 24.0 Å². The minimum Gasteiger partial charge on any atom is -0.481 e. The van der Waals surface area contributed by atoms with Crippen molar-refractivity contribution < 1.29 is 22.6 Å². The first kappa shape index (κ1) is 25.2. The monoisotopic (exact) mass is 550 g/mol. The smallest absolute Gasteiger partial charge is 0.416 e. The summed E-state index contributed by atoms with van der Waals surface area (Å²) in [6.07, 6.45) is -4.86. The van der Waals surface area contributed by atoms with Crippen molar-refractivity contribution in [1.82, 2.24) is 15.2 Å². The summed E-state index contributed by atoms with van der Waals surface area (Å²) in [5, 5.41) is 3.24. The minimum absolute atomic E-state index is 0. The second-order valence-electron chi connectivity index (χ2n) is 6.77. The van der Waals surface area contributed by atoms with E-state index in [1.165, 1.54) is 6.07 Å². The van der Waals surface area contributed by atoms with Gasteiger partial charge in [0.2, 0.25) is 5.88 Å². The van der Waals surface area contributed by atoms with E-state index < -0.39 is 17.8 Å². The maximum atomic E-state index is 13.1. The van der Waals surface area contributed by atoms with Gasteiger partial charge in [-0.2, -0.15) is 13.2 Å². The number of morpholine rings is 1. The third-order valence-corrected chi connectivity index (χ3v) is 4.67. The van der Waals surface area contributed by atoms with Gasteiger partial charge in [0.25, 0.3) is 0 Å². The van der Waals surface area contributed by atoms with Crippen molar-refractivity contribution in [2.45, 2.75) is 25.7 Å². The number of hydrogen-bond acceptors (Lipinski definition) is 4. The normalized spacial score (nSPS) is 17.1. The van der Waals surface area contributed by atoms with Gasteiger partial charge in [-0.3, -0.25) is 0 Å². The summed E-state index contributed by atoms with van der Waals surface area (Å²) in [6.45, 7) is 4.36. The van der Waals surface area contributed by atoms with Crippen LogP contribution in [0, 0.1) is 0 Å². The summed E-state index contributed by atoms with van der Waals surface area (Å²) in [4.78, 5) is 11.0. The zero-order valence-electron chi connectivity index (χ0n) is 17.4. The first-order chi connectivity index (χ1) is 14.4. The lowest BCUT2D eigenvalue weighted by molar-refractivity contribution is -0.137. The van der Waals surface area contributed by atoms with Gasteiger partial charge in [-0.1, -0.05) is 18.2 Å². The Labute approximate surface area is 196 Å². The summed E-state index contributed by atoms with van der Waals surface area (Å²) < 4.78 is 50.1. The maximum Gasteiger partial charge on any atom is 0.416 e. The van der Waals surface area contributed by atoms with Gasteiger partial charge < -0.3 is 19.7 Å². The Hall–Kier alpha value is -2.08. The van der Waals surface area contributed by atoms with Gasteiger partial charge in [0.1, 0.15) is 6.10 Å². The standard InChI is InChI=1S/C21H25F3N4O2.HI/c1-3-25-20(26-13-17-8-5-9-19(27-17)29-2)28-10-11-30-18(14-28)15-6-4-7-16(12-15)21(22,23)24;/h4-9,12,18H,3,10-11,13-14H2,1-2H3,(H,25,26);1H. The van der Waals surface area contributed by atoms with Gasteiger partial charge in [-0.25, -0.2) is 9.98 Å². The second-order valence-corrected chi connectivity index (χ2v) is 6.77. The average molecular weight is 550 g/mol. The fourth-order valence-electron chi connectivity index (χ4n) is 3.20. The van der Waals surface area contributed by atoms with E-state index in [-0.39, 0.29) is 24.0 Å². The van der Waals surface area contributed by atoms with Gasteiger partial charge in [-0.15, -0.1) is 24.0 Å². The Morgan fingerprint density at radius 2 is 2.06 bits per heavy atom. The molecule has 1 aromatic carbocycles. The molecule has 1 N–H and O–H groups in total. The summed E-state index contributed by atoms with van der Waals surface area (Å²) >= 11 is 0. The molecule has 1 atom stereocenters. The van der Waals surface area contributed by atoms with Crippen molar-refractivity contribution in [1.29, 1.82) is 0 Å². The molecule has 1 fully saturated rings. The number of aliphatic imine (C=N–C) groups is 1. The zero-order valence-corrected chi connectivity index (χ0v) is 19.7. The van der Waals surface area contributed by atoms with Crippen LogP contribution < -0.4 is 10.1 Å². The number of benzene rings is 1. The highest BCUT2D eigenvalue weighted by atomic mass is 127. The Kier molecular flexibility index (Phi) is 9.35. The number of methoxy groups -OCH3 is 1. The summed E-state index contributed by atoms with van der Waals surface area (Å²) in [6, 6.07) is 10.8. The molecule has 1 aliphatic rings. The van der Waals surface area contributed by atoms with Crippen LogP contribution in [0.2, 0.25) is 0 Å². The minimum atomic E-state index is -4.38. The van der Waals surface area contributed by atoms with E-state index in [2.05, 4.69) is 15.3 Å². The number of alkyl halides is 3. The second kappa shape index (κ2) is 11.5. The van der Waals surface area contributed by atoms with E-state index in [4.69, 9.17) is 9.47 Å². The van der Waals surface area contributed by atoms with Crippen LogP contribution in [0.4, 0.5) is 13.2 Å². The number of nitrogens with zero attached hydrogens (tertiary/aromatic N) is 3. The molecular weight excluding hydrogens is 524 g/mol. The van der Waals surface area contributed by atoms with E-state index in [0.717, 1.165) is 17.8 Å². The molecule has 0 bridgehead atoms. The highest BCUT2D eigenvalue weighted by molar-refractivity contribution is 14.0. The number of hydrogen-bond donors (Lipinski definition) is 1. The number of rotatable bonds is 5. The molecule has 0 saturated carbocycles. The van der Waals surface area contributed by atoms with Crippen molar-refractivity contribution in [3.05, 3.63) is 59.3 Å². The van der Waals surface area contributed by atoms with E-state index in [1.54, 1.807) is 19.2 Å². The third kappa shape index (κ3) is 6.96. The number of pyridine rings is 1. The first-order valence-electron chi connectivity index (χ1n) is 9.72. The molecule has 10 heteroatoms. The Bertz CT molecular complexity index is 880. The molecular formula is C21H26F3IN4O2. The lowest BCUT2D eigenvalue weighted by Crippen LogP contribution is -2.48. The fraction of sp³-hybridized carbons (Fsp3) is 0.429. The average Bonchev–Trinajstić information content (AvgIpc) is 2.76. The Morgan fingerprint density at radius 1 is 1.29 bits per heavy atom. The first-order valence-corrected chi connectivity index (χ1v) is 9.72. The van der Waals surface area contributed by atoms with Crippen molar-refractivity contribution >= 4 is 29.9 Å². The van der Waals surface area contributed by atoms with E-state index in [9.17, 15) is 13.2 Å². The molecule has 1 aromatic heterocycles. The zero-order chi connectivity index (χ0) is 21.6. The predicted molar refractivity (Wildman–Crippen MR) is 123 cm³/mol. The molecule has 0 radical (unpaired) electrons. The number of halogens is 4. The van der Waals surface area contributed by atoms with E-state index in [1.807, 2.05) is 24.0 Å². The van der Waals surface area contributed by atoms with E-state index in [0.29, 0.717) is 50.2 Å². The quantitative estimate of drug-likeness (QED) is 0.343. The van der Waals surface area contributed by atoms with Crippen LogP contribution in [0.5, 0.6) is 5.88 Å². The Morgan fingerprint density at radius 3 is 2.77 bits per heavy atom. The third-order valence-electron chi connectivity index (χ3n) is 4.67. The SMILES string of the molecule is CCNC(=NCc1cccc(OC)n1)N1CCOC(c2cccc(C(F)(F)F)c2)C1.I. The number of aromatic nitrogens is 1. The Balaban J connectivity index is 0.00000341. The molecule has 170 valence electrons. The maximum absolute atomic E-state index is 13.1. The molecule has 0 spiro atoms. The molecule has 0 amide bonds. The topological polar surface area (TPSA) is 59.0 Å². The molecule has 1 unspecified atom stereocenters.